The maximum atomic E-state index is 14.3. The van der Waals surface area contributed by atoms with Crippen LogP contribution >= 0.6 is 0 Å². The predicted molar refractivity (Wildman–Crippen MR) is 85.1 cm³/mol. The Balaban J connectivity index is 1.68. The van der Waals surface area contributed by atoms with Crippen LogP contribution in [-0.2, 0) is 4.74 Å². The Morgan fingerprint density at radius 1 is 1.22 bits per heavy atom. The molecule has 2 aromatic rings. The Kier molecular flexibility index (Phi) is 4.91. The van der Waals surface area contributed by atoms with Crippen molar-refractivity contribution in [2.24, 2.45) is 0 Å². The Hall–Kier alpha value is -1.95. The van der Waals surface area contributed by atoms with E-state index in [4.69, 9.17) is 9.47 Å². The number of hydrogen-bond donors (Lipinski definition) is 2. The molecule has 1 unspecified atom stereocenters. The summed E-state index contributed by atoms with van der Waals surface area (Å²) in [5, 5.41) is 13.0. The van der Waals surface area contributed by atoms with E-state index in [9.17, 15) is 9.50 Å². The van der Waals surface area contributed by atoms with Gasteiger partial charge in [-0.05, 0) is 36.8 Å². The zero-order valence-corrected chi connectivity index (χ0v) is 12.9. The maximum absolute atomic E-state index is 14.3. The molecule has 0 spiro atoms. The number of nitrogens with one attached hydrogen (secondary N) is 1. The molecular formula is C18H20FNO3. The van der Waals surface area contributed by atoms with Crippen molar-refractivity contribution in [3.8, 4) is 11.5 Å². The lowest BCUT2D eigenvalue weighted by atomic mass is 10.1. The first-order valence-electron chi connectivity index (χ1n) is 7.67. The first-order valence-corrected chi connectivity index (χ1v) is 7.67. The first kappa shape index (κ1) is 15.9. The molecule has 0 amide bonds. The van der Waals surface area contributed by atoms with Crippen LogP contribution in [0.4, 0.5) is 4.39 Å². The highest BCUT2D eigenvalue weighted by Gasteiger charge is 2.27. The minimum atomic E-state index is -0.525. The van der Waals surface area contributed by atoms with Gasteiger partial charge in [-0.2, -0.15) is 0 Å². The van der Waals surface area contributed by atoms with Gasteiger partial charge in [-0.15, -0.1) is 0 Å². The fraction of sp³-hybridized carbons (Fsp3) is 0.333. The molecule has 4 nitrogen and oxygen atoms in total. The van der Waals surface area contributed by atoms with Gasteiger partial charge in [0.05, 0.1) is 25.4 Å². The number of rotatable bonds is 5. The van der Waals surface area contributed by atoms with E-state index < -0.39 is 11.9 Å². The van der Waals surface area contributed by atoms with Gasteiger partial charge in [0, 0.05) is 6.04 Å². The number of benzene rings is 2. The van der Waals surface area contributed by atoms with Crippen LogP contribution < -0.4 is 10.1 Å². The largest absolute Gasteiger partial charge is 0.454 e. The summed E-state index contributed by atoms with van der Waals surface area (Å²) >= 11 is 0. The molecule has 0 aromatic heterocycles. The van der Waals surface area contributed by atoms with E-state index in [-0.39, 0.29) is 17.8 Å². The molecule has 3 atom stereocenters. The van der Waals surface area contributed by atoms with Crippen molar-refractivity contribution < 1.29 is 19.0 Å². The molecule has 2 aromatic carbocycles. The maximum Gasteiger partial charge on any atom is 0.166 e. The normalized spacial score (nSPS) is 22.0. The zero-order valence-electron chi connectivity index (χ0n) is 12.9. The van der Waals surface area contributed by atoms with E-state index >= 15 is 0 Å². The van der Waals surface area contributed by atoms with E-state index in [1.54, 1.807) is 18.2 Å². The number of aliphatic hydroxyl groups excluding tert-OH is 1. The third-order valence-corrected chi connectivity index (χ3v) is 3.94. The van der Waals surface area contributed by atoms with Gasteiger partial charge in [0.1, 0.15) is 5.75 Å². The van der Waals surface area contributed by atoms with Crippen LogP contribution in [0, 0.1) is 5.82 Å². The summed E-state index contributed by atoms with van der Waals surface area (Å²) in [4.78, 5) is 0. The van der Waals surface area contributed by atoms with E-state index in [0.29, 0.717) is 19.0 Å². The first-order chi connectivity index (χ1) is 11.1. The Bertz CT molecular complexity index is 650. The second kappa shape index (κ2) is 7.08. The summed E-state index contributed by atoms with van der Waals surface area (Å²) in [5.41, 5.74) is 0.794. The van der Waals surface area contributed by atoms with Crippen molar-refractivity contribution in [2.45, 2.75) is 25.1 Å². The molecule has 5 heteroatoms. The molecule has 3 rings (SSSR count). The lowest BCUT2D eigenvalue weighted by molar-refractivity contribution is 0.121. The average molecular weight is 317 g/mol. The Morgan fingerprint density at radius 3 is 2.65 bits per heavy atom. The van der Waals surface area contributed by atoms with Crippen molar-refractivity contribution >= 4 is 0 Å². The highest BCUT2D eigenvalue weighted by Crippen LogP contribution is 2.27. The fourth-order valence-corrected chi connectivity index (χ4v) is 2.60. The van der Waals surface area contributed by atoms with Gasteiger partial charge in [0.25, 0.3) is 0 Å². The summed E-state index contributed by atoms with van der Waals surface area (Å²) in [6.45, 7) is 2.73. The van der Waals surface area contributed by atoms with Gasteiger partial charge >= 0.3 is 0 Å². The number of para-hydroxylation sites is 1. The molecule has 0 bridgehead atoms. The lowest BCUT2D eigenvalue weighted by Gasteiger charge is -2.21. The van der Waals surface area contributed by atoms with E-state index in [2.05, 4.69) is 5.32 Å². The number of ether oxygens (including phenoxy) is 2. The monoisotopic (exact) mass is 317 g/mol. The molecule has 122 valence electrons. The topological polar surface area (TPSA) is 50.7 Å². The minimum absolute atomic E-state index is 0.100. The molecular weight excluding hydrogens is 297 g/mol. The third kappa shape index (κ3) is 3.88. The van der Waals surface area contributed by atoms with Crippen molar-refractivity contribution in [3.05, 3.63) is 59.9 Å². The van der Waals surface area contributed by atoms with Crippen molar-refractivity contribution in [1.82, 2.24) is 5.32 Å². The van der Waals surface area contributed by atoms with Crippen molar-refractivity contribution in [3.63, 3.8) is 0 Å². The average Bonchev–Trinajstić information content (AvgIpc) is 2.95. The highest BCUT2D eigenvalue weighted by atomic mass is 19.1. The van der Waals surface area contributed by atoms with Gasteiger partial charge < -0.3 is 19.9 Å². The van der Waals surface area contributed by atoms with Crippen LogP contribution in [0.15, 0.2) is 48.5 Å². The zero-order chi connectivity index (χ0) is 16.2. The number of aliphatic hydroxyl groups is 1. The van der Waals surface area contributed by atoms with Crippen LogP contribution in [0.25, 0.3) is 0 Å². The Morgan fingerprint density at radius 2 is 2.00 bits per heavy atom. The smallest absolute Gasteiger partial charge is 0.166 e. The summed E-state index contributed by atoms with van der Waals surface area (Å²) in [6, 6.07) is 13.8. The SMILES string of the molecule is CC(N[C@@H]1COC[C@@H]1O)c1ccc(Oc2ccccc2)c(F)c1. The van der Waals surface area contributed by atoms with Gasteiger partial charge in [0.15, 0.2) is 11.6 Å². The summed E-state index contributed by atoms with van der Waals surface area (Å²) < 4.78 is 25.0. The third-order valence-electron chi connectivity index (χ3n) is 3.94. The number of halogens is 1. The molecule has 1 aliphatic rings. The molecule has 1 heterocycles. The van der Waals surface area contributed by atoms with Crippen molar-refractivity contribution in [2.75, 3.05) is 13.2 Å². The highest BCUT2D eigenvalue weighted by molar-refractivity contribution is 5.35. The van der Waals surface area contributed by atoms with Gasteiger partial charge in [-0.3, -0.25) is 0 Å². The minimum Gasteiger partial charge on any atom is -0.454 e. The predicted octanol–water partition coefficient (Wildman–Crippen LogP) is 3.03. The van der Waals surface area contributed by atoms with E-state index in [0.717, 1.165) is 5.56 Å². The molecule has 0 aliphatic carbocycles. The van der Waals surface area contributed by atoms with Gasteiger partial charge in [-0.1, -0.05) is 24.3 Å². The van der Waals surface area contributed by atoms with Gasteiger partial charge in [-0.25, -0.2) is 4.39 Å². The van der Waals surface area contributed by atoms with Crippen LogP contribution in [0.5, 0.6) is 11.5 Å². The van der Waals surface area contributed by atoms with Crippen LogP contribution in [0.2, 0.25) is 0 Å². The quantitative estimate of drug-likeness (QED) is 0.890. The van der Waals surface area contributed by atoms with Crippen LogP contribution in [-0.4, -0.2) is 30.5 Å². The molecule has 23 heavy (non-hydrogen) atoms. The standard InChI is InChI=1S/C18H20FNO3/c1-12(20-16-10-22-11-17(16)21)13-7-8-18(15(19)9-13)23-14-5-3-2-4-6-14/h2-9,12,16-17,20-21H,10-11H2,1H3/t12?,16-,17+/m1/s1. The second-order valence-electron chi connectivity index (χ2n) is 5.70. The fourth-order valence-electron chi connectivity index (χ4n) is 2.60. The Labute approximate surface area is 134 Å². The van der Waals surface area contributed by atoms with Crippen LogP contribution in [0.3, 0.4) is 0 Å². The summed E-state index contributed by atoms with van der Waals surface area (Å²) in [5.74, 6) is 0.371. The molecule has 0 saturated carbocycles. The lowest BCUT2D eigenvalue weighted by Crippen LogP contribution is -2.40. The van der Waals surface area contributed by atoms with E-state index in [1.165, 1.54) is 6.07 Å². The van der Waals surface area contributed by atoms with Crippen LogP contribution in [0.1, 0.15) is 18.5 Å². The molecule has 1 aliphatic heterocycles. The molecule has 0 radical (unpaired) electrons. The summed E-state index contributed by atoms with van der Waals surface area (Å²) in [7, 11) is 0. The van der Waals surface area contributed by atoms with Crippen molar-refractivity contribution in [1.29, 1.82) is 0 Å². The second-order valence-corrected chi connectivity index (χ2v) is 5.70. The van der Waals surface area contributed by atoms with Gasteiger partial charge in [0.2, 0.25) is 0 Å². The molecule has 2 N–H and O–H groups in total. The van der Waals surface area contributed by atoms with E-state index in [1.807, 2.05) is 31.2 Å². The summed E-state index contributed by atoms with van der Waals surface area (Å²) in [6.07, 6.45) is -0.525. The molecule has 1 saturated heterocycles. The molecule has 1 fully saturated rings. The number of hydrogen-bond acceptors (Lipinski definition) is 4.